The number of likely N-dealkylation sites (tertiary alicyclic amines) is 2. The van der Waals surface area contributed by atoms with E-state index in [9.17, 15) is 0 Å². The first-order valence-corrected chi connectivity index (χ1v) is 9.78. The molecule has 0 atom stereocenters. The zero-order valence-corrected chi connectivity index (χ0v) is 16.5. The maximum atomic E-state index is 4.26. The van der Waals surface area contributed by atoms with Gasteiger partial charge < -0.3 is 9.80 Å². The summed E-state index contributed by atoms with van der Waals surface area (Å²) in [7, 11) is 0. The molecule has 0 aliphatic carbocycles. The largest absolute Gasteiger partial charge is 0.377 e. The summed E-state index contributed by atoms with van der Waals surface area (Å²) in [5.41, 5.74) is 2.97. The molecule has 2 heteroatoms. The smallest absolute Gasteiger partial charge is 0.0290 e. The molecular weight excluding hydrogens is 304 g/mol. The van der Waals surface area contributed by atoms with Crippen LogP contribution in [0.3, 0.4) is 0 Å². The Kier molecular flexibility index (Phi) is 7.16. The van der Waals surface area contributed by atoms with E-state index in [-0.39, 0.29) is 0 Å². The standard InChI is InChI=1S/C23H36N2/c1-6-21(4)8-7-15-24-16-11-23(12-17-24)13-18-25(19-14-23)22(5)10-9-20(2)3/h6-10,15,20H,1,5,11-14,16-19H2,2-4H3/b10-9-,15-7+,21-8-. The third kappa shape index (κ3) is 5.95. The molecule has 2 aliphatic heterocycles. The number of allylic oxidation sites excluding steroid dienone is 6. The zero-order valence-electron chi connectivity index (χ0n) is 16.5. The molecule has 0 aromatic carbocycles. The van der Waals surface area contributed by atoms with Gasteiger partial charge in [-0.2, -0.15) is 0 Å². The van der Waals surface area contributed by atoms with Gasteiger partial charge in [-0.3, -0.25) is 0 Å². The van der Waals surface area contributed by atoms with Gasteiger partial charge in [-0.1, -0.05) is 50.8 Å². The average molecular weight is 341 g/mol. The van der Waals surface area contributed by atoms with Crippen molar-refractivity contribution in [3.8, 4) is 0 Å². The van der Waals surface area contributed by atoms with Crippen LogP contribution in [-0.2, 0) is 0 Å². The van der Waals surface area contributed by atoms with Crippen LogP contribution in [0.15, 0.2) is 61.0 Å². The van der Waals surface area contributed by atoms with Crippen LogP contribution < -0.4 is 0 Å². The van der Waals surface area contributed by atoms with Crippen molar-refractivity contribution in [1.82, 2.24) is 9.80 Å². The lowest BCUT2D eigenvalue weighted by atomic mass is 9.71. The molecule has 0 bridgehead atoms. The summed E-state index contributed by atoms with van der Waals surface area (Å²) in [6.45, 7) is 19.3. The van der Waals surface area contributed by atoms with E-state index in [0.717, 1.165) is 0 Å². The predicted molar refractivity (Wildman–Crippen MR) is 110 cm³/mol. The summed E-state index contributed by atoms with van der Waals surface area (Å²) in [4.78, 5) is 4.94. The van der Waals surface area contributed by atoms with Crippen LogP contribution in [0.4, 0.5) is 0 Å². The molecular formula is C23H36N2. The van der Waals surface area contributed by atoms with E-state index in [1.807, 2.05) is 6.08 Å². The minimum absolute atomic E-state index is 0.565. The fourth-order valence-electron chi connectivity index (χ4n) is 3.71. The Morgan fingerprint density at radius 1 is 1.04 bits per heavy atom. The van der Waals surface area contributed by atoms with Crippen molar-refractivity contribution in [3.63, 3.8) is 0 Å². The van der Waals surface area contributed by atoms with Gasteiger partial charge in [0.2, 0.25) is 0 Å². The number of hydrogen-bond donors (Lipinski definition) is 0. The number of rotatable bonds is 6. The summed E-state index contributed by atoms with van der Waals surface area (Å²) in [5, 5.41) is 0. The monoisotopic (exact) mass is 340 g/mol. The van der Waals surface area contributed by atoms with Crippen molar-refractivity contribution in [2.45, 2.75) is 46.5 Å². The Balaban J connectivity index is 1.79. The average Bonchev–Trinajstić information content (AvgIpc) is 2.62. The zero-order chi connectivity index (χ0) is 18.3. The summed E-state index contributed by atoms with van der Waals surface area (Å²) in [6.07, 6.45) is 18.2. The lowest BCUT2D eigenvalue weighted by Gasteiger charge is -2.47. The molecule has 138 valence electrons. The molecule has 2 heterocycles. The van der Waals surface area contributed by atoms with E-state index >= 15 is 0 Å². The number of nitrogens with zero attached hydrogens (tertiary/aromatic N) is 2. The molecule has 0 amide bonds. The first-order chi connectivity index (χ1) is 11.9. The van der Waals surface area contributed by atoms with Crippen molar-refractivity contribution in [1.29, 1.82) is 0 Å². The van der Waals surface area contributed by atoms with Crippen molar-refractivity contribution >= 4 is 0 Å². The van der Waals surface area contributed by atoms with Crippen LogP contribution in [-0.4, -0.2) is 36.0 Å². The Hall–Kier alpha value is -1.70. The fourth-order valence-corrected chi connectivity index (χ4v) is 3.71. The Morgan fingerprint density at radius 2 is 1.64 bits per heavy atom. The first-order valence-electron chi connectivity index (χ1n) is 9.78. The summed E-state index contributed by atoms with van der Waals surface area (Å²) in [6, 6.07) is 0. The second-order valence-electron chi connectivity index (χ2n) is 8.07. The molecule has 0 unspecified atom stereocenters. The topological polar surface area (TPSA) is 6.48 Å². The Morgan fingerprint density at radius 3 is 2.20 bits per heavy atom. The number of hydrogen-bond acceptors (Lipinski definition) is 2. The first kappa shape index (κ1) is 19.6. The molecule has 0 N–H and O–H groups in total. The van der Waals surface area contributed by atoms with Gasteiger partial charge in [0, 0.05) is 31.9 Å². The summed E-state index contributed by atoms with van der Waals surface area (Å²) in [5.74, 6) is 0.593. The highest BCUT2D eigenvalue weighted by Gasteiger charge is 2.36. The maximum absolute atomic E-state index is 4.26. The number of piperidine rings is 2. The SMILES string of the molecule is C=C/C(C)=C\C=C\N1CCC2(CC1)CCN(C(=C)/C=C\C(C)C)CC2. The Labute approximate surface area is 155 Å². The minimum atomic E-state index is 0.565. The highest BCUT2D eigenvalue weighted by atomic mass is 15.2. The van der Waals surface area contributed by atoms with Crippen molar-refractivity contribution in [2.75, 3.05) is 26.2 Å². The Bertz CT molecular complexity index is 532. The van der Waals surface area contributed by atoms with Gasteiger partial charge in [0.1, 0.15) is 0 Å². The molecule has 2 aliphatic rings. The van der Waals surface area contributed by atoms with Crippen molar-refractivity contribution in [3.05, 3.63) is 61.0 Å². The highest BCUT2D eigenvalue weighted by molar-refractivity contribution is 5.19. The predicted octanol–water partition coefficient (Wildman–Crippen LogP) is 5.54. The quantitative estimate of drug-likeness (QED) is 0.586. The van der Waals surface area contributed by atoms with E-state index in [2.05, 4.69) is 74.2 Å². The van der Waals surface area contributed by atoms with Gasteiger partial charge in [-0.05, 0) is 62.3 Å². The third-order valence-electron chi connectivity index (χ3n) is 5.74. The van der Waals surface area contributed by atoms with Crippen molar-refractivity contribution in [2.24, 2.45) is 11.3 Å². The van der Waals surface area contributed by atoms with Gasteiger partial charge in [0.15, 0.2) is 0 Å². The second-order valence-corrected chi connectivity index (χ2v) is 8.07. The van der Waals surface area contributed by atoms with Gasteiger partial charge in [-0.15, -0.1) is 0 Å². The van der Waals surface area contributed by atoms with E-state index in [1.165, 1.54) is 63.1 Å². The molecule has 0 aromatic heterocycles. The molecule has 2 fully saturated rings. The molecule has 2 rings (SSSR count). The molecule has 1 spiro atoms. The fraction of sp³-hybridized carbons (Fsp3) is 0.565. The molecule has 0 saturated carbocycles. The molecule has 0 aromatic rings. The van der Waals surface area contributed by atoms with Gasteiger partial charge >= 0.3 is 0 Å². The molecule has 25 heavy (non-hydrogen) atoms. The van der Waals surface area contributed by atoms with Crippen LogP contribution in [0.2, 0.25) is 0 Å². The van der Waals surface area contributed by atoms with Crippen LogP contribution in [0, 0.1) is 11.3 Å². The van der Waals surface area contributed by atoms with Crippen LogP contribution >= 0.6 is 0 Å². The van der Waals surface area contributed by atoms with E-state index in [4.69, 9.17) is 0 Å². The van der Waals surface area contributed by atoms with E-state index in [0.29, 0.717) is 11.3 Å². The van der Waals surface area contributed by atoms with Gasteiger partial charge in [0.05, 0.1) is 0 Å². The van der Waals surface area contributed by atoms with Crippen LogP contribution in [0.5, 0.6) is 0 Å². The molecule has 2 saturated heterocycles. The minimum Gasteiger partial charge on any atom is -0.377 e. The van der Waals surface area contributed by atoms with Gasteiger partial charge in [0.25, 0.3) is 0 Å². The van der Waals surface area contributed by atoms with Crippen LogP contribution in [0.1, 0.15) is 46.5 Å². The lowest BCUT2D eigenvalue weighted by molar-refractivity contribution is 0.0621. The highest BCUT2D eigenvalue weighted by Crippen LogP contribution is 2.41. The molecule has 0 radical (unpaired) electrons. The summed E-state index contributed by atoms with van der Waals surface area (Å²) >= 11 is 0. The van der Waals surface area contributed by atoms with Crippen molar-refractivity contribution < 1.29 is 0 Å². The second kappa shape index (κ2) is 9.12. The maximum Gasteiger partial charge on any atom is 0.0290 e. The normalized spacial score (nSPS) is 21.7. The van der Waals surface area contributed by atoms with Gasteiger partial charge in [-0.25, -0.2) is 0 Å². The summed E-state index contributed by atoms with van der Waals surface area (Å²) < 4.78 is 0. The molecule has 2 nitrogen and oxygen atoms in total. The lowest BCUT2D eigenvalue weighted by Crippen LogP contribution is -2.45. The van der Waals surface area contributed by atoms with Crippen LogP contribution in [0.25, 0.3) is 0 Å². The third-order valence-corrected chi connectivity index (χ3v) is 5.74. The van der Waals surface area contributed by atoms with E-state index < -0.39 is 0 Å². The van der Waals surface area contributed by atoms with E-state index in [1.54, 1.807) is 0 Å².